The van der Waals surface area contributed by atoms with E-state index in [0.29, 0.717) is 6.42 Å². The van der Waals surface area contributed by atoms with E-state index in [1.165, 1.54) is 0 Å². The molecule has 2 unspecified atom stereocenters. The number of carbonyl (C=O) groups excluding carboxylic acids is 1. The standard InChI is InChI=1S/C19H21NO3/c1-2-17(13-21)20-18(12-19(22)23)16-10-8-15(9-11-16)14-6-4-3-5-7-14/h3-11,13,17-18,20H,2,12H2,1H3,(H,22,23). The van der Waals surface area contributed by atoms with E-state index in [2.05, 4.69) is 5.32 Å². The SMILES string of the molecule is CCC(C=O)NC(CC(=O)O)c1ccc(-c2ccccc2)cc1. The minimum atomic E-state index is -0.893. The van der Waals surface area contributed by atoms with Gasteiger partial charge in [0.2, 0.25) is 0 Å². The number of hydrogen-bond donors (Lipinski definition) is 2. The summed E-state index contributed by atoms with van der Waals surface area (Å²) >= 11 is 0. The van der Waals surface area contributed by atoms with Crippen molar-refractivity contribution < 1.29 is 14.7 Å². The Hall–Kier alpha value is -2.46. The zero-order valence-corrected chi connectivity index (χ0v) is 13.1. The van der Waals surface area contributed by atoms with Gasteiger partial charge in [-0.25, -0.2) is 0 Å². The van der Waals surface area contributed by atoms with Crippen LogP contribution >= 0.6 is 0 Å². The van der Waals surface area contributed by atoms with Crippen LogP contribution in [-0.2, 0) is 9.59 Å². The molecule has 2 aromatic rings. The van der Waals surface area contributed by atoms with Crippen molar-refractivity contribution in [1.29, 1.82) is 0 Å². The van der Waals surface area contributed by atoms with Crippen LogP contribution in [0, 0.1) is 0 Å². The first-order valence-electron chi connectivity index (χ1n) is 7.72. The third kappa shape index (κ3) is 4.76. The summed E-state index contributed by atoms with van der Waals surface area (Å²) in [6.07, 6.45) is 1.39. The lowest BCUT2D eigenvalue weighted by molar-refractivity contribution is -0.137. The lowest BCUT2D eigenvalue weighted by Crippen LogP contribution is -2.34. The molecule has 2 atom stereocenters. The molecule has 23 heavy (non-hydrogen) atoms. The van der Waals surface area contributed by atoms with Crippen LogP contribution in [0.5, 0.6) is 0 Å². The van der Waals surface area contributed by atoms with E-state index in [1.54, 1.807) is 0 Å². The van der Waals surface area contributed by atoms with Gasteiger partial charge in [-0.2, -0.15) is 0 Å². The molecule has 0 spiro atoms. The topological polar surface area (TPSA) is 66.4 Å². The van der Waals surface area contributed by atoms with Gasteiger partial charge in [-0.15, -0.1) is 0 Å². The molecule has 0 fully saturated rings. The summed E-state index contributed by atoms with van der Waals surface area (Å²) in [7, 11) is 0. The smallest absolute Gasteiger partial charge is 0.305 e. The van der Waals surface area contributed by atoms with Crippen LogP contribution in [0.15, 0.2) is 54.6 Å². The number of rotatable bonds is 8. The monoisotopic (exact) mass is 311 g/mol. The fraction of sp³-hybridized carbons (Fsp3) is 0.263. The second-order valence-electron chi connectivity index (χ2n) is 5.46. The Labute approximate surface area is 136 Å². The number of hydrogen-bond acceptors (Lipinski definition) is 3. The van der Waals surface area contributed by atoms with E-state index in [4.69, 9.17) is 5.11 Å². The van der Waals surface area contributed by atoms with Gasteiger partial charge in [-0.1, -0.05) is 61.5 Å². The van der Waals surface area contributed by atoms with Crippen molar-refractivity contribution in [2.24, 2.45) is 0 Å². The van der Waals surface area contributed by atoms with E-state index in [-0.39, 0.29) is 18.5 Å². The highest BCUT2D eigenvalue weighted by atomic mass is 16.4. The number of carbonyl (C=O) groups is 2. The van der Waals surface area contributed by atoms with Crippen molar-refractivity contribution in [2.75, 3.05) is 0 Å². The van der Waals surface area contributed by atoms with Gasteiger partial charge in [0.05, 0.1) is 12.5 Å². The maximum atomic E-state index is 11.1. The summed E-state index contributed by atoms with van der Waals surface area (Å²) < 4.78 is 0. The molecule has 0 saturated carbocycles. The second kappa shape index (κ2) is 8.25. The fourth-order valence-corrected chi connectivity index (χ4v) is 2.50. The van der Waals surface area contributed by atoms with Crippen molar-refractivity contribution in [2.45, 2.75) is 31.8 Å². The van der Waals surface area contributed by atoms with Crippen LogP contribution in [0.4, 0.5) is 0 Å². The minimum Gasteiger partial charge on any atom is -0.481 e. The fourth-order valence-electron chi connectivity index (χ4n) is 2.50. The zero-order chi connectivity index (χ0) is 16.7. The molecular weight excluding hydrogens is 290 g/mol. The molecule has 0 aromatic heterocycles. The van der Waals surface area contributed by atoms with E-state index < -0.39 is 5.97 Å². The summed E-state index contributed by atoms with van der Waals surface area (Å²) in [5, 5.41) is 12.2. The lowest BCUT2D eigenvalue weighted by Gasteiger charge is -2.21. The van der Waals surface area contributed by atoms with Crippen LogP contribution in [0.25, 0.3) is 11.1 Å². The molecule has 4 nitrogen and oxygen atoms in total. The Bertz CT molecular complexity index is 637. The Morgan fingerprint density at radius 3 is 2.22 bits per heavy atom. The molecule has 0 aliphatic carbocycles. The van der Waals surface area contributed by atoms with Crippen LogP contribution in [0.2, 0.25) is 0 Å². The number of aldehydes is 1. The highest BCUT2D eigenvalue weighted by Gasteiger charge is 2.18. The number of aliphatic carboxylic acids is 1. The van der Waals surface area contributed by atoms with Gasteiger partial charge in [0, 0.05) is 6.04 Å². The van der Waals surface area contributed by atoms with E-state index >= 15 is 0 Å². The zero-order valence-electron chi connectivity index (χ0n) is 13.1. The predicted molar refractivity (Wildman–Crippen MR) is 90.2 cm³/mol. The Kier molecular flexibility index (Phi) is 6.06. The van der Waals surface area contributed by atoms with Crippen molar-refractivity contribution in [3.8, 4) is 11.1 Å². The van der Waals surface area contributed by atoms with E-state index in [9.17, 15) is 9.59 Å². The highest BCUT2D eigenvalue weighted by Crippen LogP contribution is 2.23. The molecule has 0 aliphatic rings. The van der Waals surface area contributed by atoms with Crippen LogP contribution in [0.3, 0.4) is 0 Å². The molecule has 2 N–H and O–H groups in total. The average Bonchev–Trinajstić information content (AvgIpc) is 2.59. The second-order valence-corrected chi connectivity index (χ2v) is 5.46. The molecule has 0 aliphatic heterocycles. The largest absolute Gasteiger partial charge is 0.481 e. The first-order valence-corrected chi connectivity index (χ1v) is 7.72. The molecule has 2 aromatic carbocycles. The molecule has 2 rings (SSSR count). The van der Waals surface area contributed by atoms with Crippen molar-refractivity contribution in [3.05, 3.63) is 60.2 Å². The van der Waals surface area contributed by atoms with Gasteiger partial charge in [-0.05, 0) is 23.1 Å². The van der Waals surface area contributed by atoms with Gasteiger partial charge < -0.3 is 15.2 Å². The summed E-state index contributed by atoms with van der Waals surface area (Å²) in [6, 6.07) is 17.0. The summed E-state index contributed by atoms with van der Waals surface area (Å²) in [5.41, 5.74) is 3.05. The summed E-state index contributed by atoms with van der Waals surface area (Å²) in [5.74, 6) is -0.893. The minimum absolute atomic E-state index is 0.0605. The third-order valence-electron chi connectivity index (χ3n) is 3.82. The summed E-state index contributed by atoms with van der Waals surface area (Å²) in [6.45, 7) is 1.89. The van der Waals surface area contributed by atoms with Gasteiger partial charge in [0.15, 0.2) is 0 Å². The molecule has 0 radical (unpaired) electrons. The predicted octanol–water partition coefficient (Wildman–Crippen LogP) is 3.44. The van der Waals surface area contributed by atoms with Crippen LogP contribution in [0.1, 0.15) is 31.4 Å². The average molecular weight is 311 g/mol. The quantitative estimate of drug-likeness (QED) is 0.733. The number of carboxylic acids is 1. The Morgan fingerprint density at radius 2 is 1.70 bits per heavy atom. The Balaban J connectivity index is 2.21. The number of nitrogens with one attached hydrogen (secondary N) is 1. The van der Waals surface area contributed by atoms with Crippen molar-refractivity contribution in [1.82, 2.24) is 5.32 Å². The molecular formula is C19H21NO3. The van der Waals surface area contributed by atoms with Gasteiger partial charge in [0.25, 0.3) is 0 Å². The summed E-state index contributed by atoms with van der Waals surface area (Å²) in [4.78, 5) is 22.1. The first kappa shape index (κ1) is 16.9. The van der Waals surface area contributed by atoms with Gasteiger partial charge in [0.1, 0.15) is 6.29 Å². The normalized spacial score (nSPS) is 13.3. The van der Waals surface area contributed by atoms with Gasteiger partial charge >= 0.3 is 5.97 Å². The molecule has 0 saturated heterocycles. The van der Waals surface area contributed by atoms with Crippen molar-refractivity contribution in [3.63, 3.8) is 0 Å². The maximum Gasteiger partial charge on any atom is 0.305 e. The van der Waals surface area contributed by atoms with Crippen LogP contribution < -0.4 is 5.32 Å². The molecule has 0 bridgehead atoms. The molecule has 0 amide bonds. The first-order chi connectivity index (χ1) is 11.1. The molecule has 120 valence electrons. The molecule has 4 heteroatoms. The van der Waals surface area contributed by atoms with Crippen LogP contribution in [-0.4, -0.2) is 23.4 Å². The highest BCUT2D eigenvalue weighted by molar-refractivity contribution is 5.69. The van der Waals surface area contributed by atoms with Gasteiger partial charge in [-0.3, -0.25) is 4.79 Å². The van der Waals surface area contributed by atoms with E-state index in [0.717, 1.165) is 23.0 Å². The van der Waals surface area contributed by atoms with E-state index in [1.807, 2.05) is 61.5 Å². The van der Waals surface area contributed by atoms with Crippen molar-refractivity contribution >= 4 is 12.3 Å². The maximum absolute atomic E-state index is 11.1. The number of carboxylic acid groups (broad SMARTS) is 1. The Morgan fingerprint density at radius 1 is 1.09 bits per heavy atom. The number of benzene rings is 2. The molecule has 0 heterocycles. The third-order valence-corrected chi connectivity index (χ3v) is 3.82. The lowest BCUT2D eigenvalue weighted by atomic mass is 9.98.